The SMILES string of the molecule is CCC(=O)Cc1nc(C)cc(C(=O)NCc2cnc(OCC(F)(F)F)c(Cl)c2)n1. The molecule has 2 rings (SSSR count). The van der Waals surface area contributed by atoms with Crippen LogP contribution < -0.4 is 10.1 Å². The number of nitrogens with one attached hydrogen (secondary N) is 1. The number of ether oxygens (including phenoxy) is 1. The van der Waals surface area contributed by atoms with Crippen LogP contribution in [0.2, 0.25) is 5.02 Å². The van der Waals surface area contributed by atoms with Gasteiger partial charge in [-0.2, -0.15) is 13.2 Å². The van der Waals surface area contributed by atoms with Crippen molar-refractivity contribution >= 4 is 23.3 Å². The number of ketones is 1. The molecule has 0 aliphatic carbocycles. The summed E-state index contributed by atoms with van der Waals surface area (Å²) in [7, 11) is 0. The number of amides is 1. The molecule has 0 radical (unpaired) electrons. The third-order valence-electron chi connectivity index (χ3n) is 3.57. The molecule has 1 amide bonds. The Morgan fingerprint density at radius 3 is 2.59 bits per heavy atom. The van der Waals surface area contributed by atoms with E-state index in [1.165, 1.54) is 18.3 Å². The lowest BCUT2D eigenvalue weighted by molar-refractivity contribution is -0.154. The molecule has 0 aromatic carbocycles. The molecule has 156 valence electrons. The lowest BCUT2D eigenvalue weighted by Gasteiger charge is -2.11. The Kier molecular flexibility index (Phi) is 7.49. The highest BCUT2D eigenvalue weighted by Crippen LogP contribution is 2.25. The Morgan fingerprint density at radius 2 is 1.97 bits per heavy atom. The number of pyridine rings is 1. The van der Waals surface area contributed by atoms with Gasteiger partial charge in [0.2, 0.25) is 5.88 Å². The Hall–Kier alpha value is -2.75. The molecule has 0 atom stereocenters. The van der Waals surface area contributed by atoms with Crippen molar-refractivity contribution in [2.24, 2.45) is 0 Å². The van der Waals surface area contributed by atoms with Crippen molar-refractivity contribution < 1.29 is 27.5 Å². The summed E-state index contributed by atoms with van der Waals surface area (Å²) < 4.78 is 41.1. The number of alkyl halides is 3. The van der Waals surface area contributed by atoms with E-state index in [-0.39, 0.29) is 41.2 Å². The van der Waals surface area contributed by atoms with E-state index in [1.807, 2.05) is 0 Å². The number of carbonyl (C=O) groups is 2. The van der Waals surface area contributed by atoms with Gasteiger partial charge in [-0.25, -0.2) is 15.0 Å². The highest BCUT2D eigenvalue weighted by Gasteiger charge is 2.29. The van der Waals surface area contributed by atoms with Crippen LogP contribution in [0.15, 0.2) is 18.3 Å². The number of carbonyl (C=O) groups excluding carboxylic acids is 2. The maximum Gasteiger partial charge on any atom is 0.422 e. The van der Waals surface area contributed by atoms with Crippen LogP contribution in [0, 0.1) is 6.92 Å². The van der Waals surface area contributed by atoms with E-state index >= 15 is 0 Å². The third kappa shape index (κ3) is 7.30. The van der Waals surface area contributed by atoms with Crippen molar-refractivity contribution in [1.82, 2.24) is 20.3 Å². The second-order valence-corrected chi connectivity index (χ2v) is 6.50. The minimum Gasteiger partial charge on any atom is -0.467 e. The molecule has 2 aromatic heterocycles. The lowest BCUT2D eigenvalue weighted by Crippen LogP contribution is -2.25. The average Bonchev–Trinajstić information content (AvgIpc) is 2.64. The zero-order valence-electron chi connectivity index (χ0n) is 15.6. The van der Waals surface area contributed by atoms with Gasteiger partial charge in [-0.05, 0) is 24.6 Å². The fourth-order valence-electron chi connectivity index (χ4n) is 2.22. The largest absolute Gasteiger partial charge is 0.467 e. The highest BCUT2D eigenvalue weighted by atomic mass is 35.5. The molecule has 2 aromatic rings. The summed E-state index contributed by atoms with van der Waals surface area (Å²) in [6, 6.07) is 2.83. The second kappa shape index (κ2) is 9.64. The summed E-state index contributed by atoms with van der Waals surface area (Å²) in [6.45, 7) is 1.91. The summed E-state index contributed by atoms with van der Waals surface area (Å²) in [5.41, 5.74) is 1.09. The smallest absolute Gasteiger partial charge is 0.422 e. The molecule has 0 aliphatic heterocycles. The van der Waals surface area contributed by atoms with E-state index in [1.54, 1.807) is 13.8 Å². The minimum absolute atomic E-state index is 0.0113. The van der Waals surface area contributed by atoms with Crippen molar-refractivity contribution in [3.63, 3.8) is 0 Å². The first-order chi connectivity index (χ1) is 13.6. The predicted octanol–water partition coefficient (Wildman–Crippen LogP) is 3.23. The van der Waals surface area contributed by atoms with Gasteiger partial charge in [0.1, 0.15) is 22.3 Å². The van der Waals surface area contributed by atoms with Gasteiger partial charge in [0.05, 0.1) is 6.42 Å². The quantitative estimate of drug-likeness (QED) is 0.691. The topological polar surface area (TPSA) is 94.1 Å². The van der Waals surface area contributed by atoms with Gasteiger partial charge >= 0.3 is 6.18 Å². The maximum atomic E-state index is 12.4. The van der Waals surface area contributed by atoms with Gasteiger partial charge in [0, 0.05) is 24.9 Å². The Labute approximate surface area is 169 Å². The van der Waals surface area contributed by atoms with E-state index < -0.39 is 18.7 Å². The number of halogens is 4. The van der Waals surface area contributed by atoms with Crippen molar-refractivity contribution in [3.05, 3.63) is 46.1 Å². The summed E-state index contributed by atoms with van der Waals surface area (Å²) in [5, 5.41) is 2.49. The fourth-order valence-corrected chi connectivity index (χ4v) is 2.46. The molecule has 1 N–H and O–H groups in total. The number of hydrogen-bond acceptors (Lipinski definition) is 6. The standard InChI is InChI=1S/C18H18ClF3N4O3/c1-3-12(27)6-15-25-10(2)4-14(26-15)16(28)23-7-11-5-13(19)17(24-8-11)29-9-18(20,21)22/h4-5,8H,3,6-7,9H2,1-2H3,(H,23,28). The zero-order chi connectivity index (χ0) is 21.6. The number of rotatable bonds is 8. The molecule has 0 saturated heterocycles. The summed E-state index contributed by atoms with van der Waals surface area (Å²) in [6.07, 6.45) is -2.88. The van der Waals surface area contributed by atoms with Crippen LogP contribution in [0.5, 0.6) is 5.88 Å². The fraction of sp³-hybridized carbons (Fsp3) is 0.389. The van der Waals surface area contributed by atoms with Crippen LogP contribution in [0.25, 0.3) is 0 Å². The normalized spacial score (nSPS) is 11.2. The summed E-state index contributed by atoms with van der Waals surface area (Å²) in [4.78, 5) is 35.9. The Bertz CT molecular complexity index is 906. The number of nitrogens with zero attached hydrogens (tertiary/aromatic N) is 3. The van der Waals surface area contributed by atoms with Crippen molar-refractivity contribution in [3.8, 4) is 5.88 Å². The van der Waals surface area contributed by atoms with Gasteiger partial charge in [-0.15, -0.1) is 0 Å². The van der Waals surface area contributed by atoms with Crippen LogP contribution >= 0.6 is 11.6 Å². The second-order valence-electron chi connectivity index (χ2n) is 6.10. The van der Waals surface area contributed by atoms with Crippen LogP contribution in [0.3, 0.4) is 0 Å². The molecule has 0 bridgehead atoms. The number of hydrogen-bond donors (Lipinski definition) is 1. The maximum absolute atomic E-state index is 12.4. The first-order valence-electron chi connectivity index (χ1n) is 8.56. The predicted molar refractivity (Wildman–Crippen MR) is 97.7 cm³/mol. The molecular weight excluding hydrogens is 413 g/mol. The molecule has 11 heteroatoms. The van der Waals surface area contributed by atoms with Crippen LogP contribution in [0.1, 0.15) is 40.9 Å². The van der Waals surface area contributed by atoms with Crippen LogP contribution in [0.4, 0.5) is 13.2 Å². The first-order valence-corrected chi connectivity index (χ1v) is 8.93. The number of aryl methyl sites for hydroxylation is 1. The lowest BCUT2D eigenvalue weighted by atomic mass is 10.2. The van der Waals surface area contributed by atoms with E-state index in [2.05, 4.69) is 25.0 Å². The van der Waals surface area contributed by atoms with Crippen LogP contribution in [-0.4, -0.2) is 39.4 Å². The van der Waals surface area contributed by atoms with Crippen molar-refractivity contribution in [2.75, 3.05) is 6.61 Å². The highest BCUT2D eigenvalue weighted by molar-refractivity contribution is 6.31. The summed E-state index contributed by atoms with van der Waals surface area (Å²) >= 11 is 5.87. The molecular formula is C18H18ClF3N4O3. The molecule has 0 unspecified atom stereocenters. The van der Waals surface area contributed by atoms with Crippen molar-refractivity contribution in [1.29, 1.82) is 0 Å². The van der Waals surface area contributed by atoms with Gasteiger partial charge in [-0.1, -0.05) is 18.5 Å². The van der Waals surface area contributed by atoms with Gasteiger partial charge in [-0.3, -0.25) is 9.59 Å². The molecule has 0 saturated carbocycles. The monoisotopic (exact) mass is 430 g/mol. The van der Waals surface area contributed by atoms with E-state index in [0.29, 0.717) is 17.7 Å². The van der Waals surface area contributed by atoms with E-state index in [9.17, 15) is 22.8 Å². The Morgan fingerprint density at radius 1 is 1.24 bits per heavy atom. The van der Waals surface area contributed by atoms with Crippen LogP contribution in [-0.2, 0) is 17.8 Å². The molecule has 0 fully saturated rings. The van der Waals surface area contributed by atoms with Crippen molar-refractivity contribution in [2.45, 2.75) is 39.4 Å². The first kappa shape index (κ1) is 22.5. The molecule has 29 heavy (non-hydrogen) atoms. The van der Waals surface area contributed by atoms with E-state index in [4.69, 9.17) is 11.6 Å². The summed E-state index contributed by atoms with van der Waals surface area (Å²) in [5.74, 6) is -0.640. The molecule has 7 nitrogen and oxygen atoms in total. The van der Waals surface area contributed by atoms with Gasteiger partial charge < -0.3 is 10.1 Å². The molecule has 0 spiro atoms. The molecule has 0 aliphatic rings. The zero-order valence-corrected chi connectivity index (χ0v) is 16.4. The van der Waals surface area contributed by atoms with Gasteiger partial charge in [0.25, 0.3) is 5.91 Å². The minimum atomic E-state index is -4.51. The van der Waals surface area contributed by atoms with E-state index in [0.717, 1.165) is 0 Å². The number of aromatic nitrogens is 3. The number of Topliss-reactive ketones (excluding diaryl/α,β-unsaturated/α-hetero) is 1. The Balaban J connectivity index is 2.02. The van der Waals surface area contributed by atoms with Gasteiger partial charge in [0.15, 0.2) is 6.61 Å². The average molecular weight is 431 g/mol. The molecule has 2 heterocycles. The third-order valence-corrected chi connectivity index (χ3v) is 3.84.